The van der Waals surface area contributed by atoms with Crippen molar-refractivity contribution in [1.29, 1.82) is 0 Å². The minimum Gasteiger partial charge on any atom is -0.333 e. The highest BCUT2D eigenvalue weighted by Gasteiger charge is 2.26. The second kappa shape index (κ2) is 5.31. The average molecular weight is 267 g/mol. The van der Waals surface area contributed by atoms with Crippen LogP contribution in [-0.2, 0) is 0 Å². The molecule has 1 unspecified atom stereocenters. The lowest BCUT2D eigenvalue weighted by Gasteiger charge is -2.34. The zero-order chi connectivity index (χ0) is 14.0. The molecular weight excluding hydrogens is 253 g/mol. The first kappa shape index (κ1) is 13.4. The molecule has 1 N–H and O–H groups in total. The molecule has 1 fully saturated rings. The van der Waals surface area contributed by atoms with Crippen molar-refractivity contribution in [2.24, 2.45) is 0 Å². The highest BCUT2D eigenvalue weighted by Crippen LogP contribution is 2.19. The standard InChI is InChI=1S/C12H14FN3O3/c1-8-7-14-4-5-15(8)12(17)10-3-2-9(16(18)19)6-11(10)13/h2-3,6,8,14H,4-5,7H2,1H3. The summed E-state index contributed by atoms with van der Waals surface area (Å²) in [6.45, 7) is 3.68. The van der Waals surface area contributed by atoms with Crippen LogP contribution in [0.3, 0.4) is 0 Å². The maximum absolute atomic E-state index is 13.8. The van der Waals surface area contributed by atoms with Crippen molar-refractivity contribution in [1.82, 2.24) is 10.2 Å². The molecule has 1 heterocycles. The van der Waals surface area contributed by atoms with Gasteiger partial charge in [-0.05, 0) is 13.0 Å². The third kappa shape index (κ3) is 2.70. The Kier molecular flexibility index (Phi) is 3.75. The molecule has 1 aliphatic heterocycles. The van der Waals surface area contributed by atoms with Crippen molar-refractivity contribution in [2.45, 2.75) is 13.0 Å². The summed E-state index contributed by atoms with van der Waals surface area (Å²) in [5, 5.41) is 13.7. The number of carbonyl (C=O) groups is 1. The van der Waals surface area contributed by atoms with Crippen molar-refractivity contribution in [3.8, 4) is 0 Å². The minimum absolute atomic E-state index is 0.0316. The van der Waals surface area contributed by atoms with Gasteiger partial charge < -0.3 is 10.2 Å². The Balaban J connectivity index is 2.26. The fraction of sp³-hybridized carbons (Fsp3) is 0.417. The van der Waals surface area contributed by atoms with Crippen LogP contribution in [0.25, 0.3) is 0 Å². The van der Waals surface area contributed by atoms with Gasteiger partial charge in [-0.1, -0.05) is 0 Å². The van der Waals surface area contributed by atoms with Crippen LogP contribution >= 0.6 is 0 Å². The van der Waals surface area contributed by atoms with Gasteiger partial charge in [-0.15, -0.1) is 0 Å². The highest BCUT2D eigenvalue weighted by molar-refractivity contribution is 5.95. The second-order valence-electron chi connectivity index (χ2n) is 4.47. The number of rotatable bonds is 2. The Morgan fingerprint density at radius 2 is 2.32 bits per heavy atom. The van der Waals surface area contributed by atoms with Crippen LogP contribution in [-0.4, -0.2) is 41.4 Å². The van der Waals surface area contributed by atoms with Crippen molar-refractivity contribution in [3.05, 3.63) is 39.7 Å². The quantitative estimate of drug-likeness (QED) is 0.644. The molecule has 0 radical (unpaired) electrons. The second-order valence-corrected chi connectivity index (χ2v) is 4.47. The summed E-state index contributed by atoms with van der Waals surface area (Å²) < 4.78 is 13.8. The van der Waals surface area contributed by atoms with Gasteiger partial charge in [-0.3, -0.25) is 14.9 Å². The van der Waals surface area contributed by atoms with Crippen LogP contribution in [0, 0.1) is 15.9 Å². The molecular formula is C12H14FN3O3. The van der Waals surface area contributed by atoms with E-state index in [1.54, 1.807) is 4.90 Å². The molecule has 7 heteroatoms. The van der Waals surface area contributed by atoms with Gasteiger partial charge in [0.15, 0.2) is 0 Å². The lowest BCUT2D eigenvalue weighted by atomic mass is 10.1. The monoisotopic (exact) mass is 267 g/mol. The van der Waals surface area contributed by atoms with Crippen LogP contribution in [0.15, 0.2) is 18.2 Å². The van der Waals surface area contributed by atoms with Crippen molar-refractivity contribution in [3.63, 3.8) is 0 Å². The number of benzene rings is 1. The molecule has 2 rings (SSSR count). The first-order chi connectivity index (χ1) is 9.00. The number of non-ortho nitro benzene ring substituents is 1. The molecule has 0 aromatic heterocycles. The molecule has 0 spiro atoms. The Hall–Kier alpha value is -2.02. The first-order valence-electron chi connectivity index (χ1n) is 5.96. The molecule has 102 valence electrons. The van der Waals surface area contributed by atoms with E-state index in [0.29, 0.717) is 19.6 Å². The van der Waals surface area contributed by atoms with E-state index in [2.05, 4.69) is 5.32 Å². The van der Waals surface area contributed by atoms with Crippen molar-refractivity contribution < 1.29 is 14.1 Å². The number of hydrogen-bond donors (Lipinski definition) is 1. The molecule has 1 amide bonds. The van der Waals surface area contributed by atoms with E-state index in [4.69, 9.17) is 0 Å². The van der Waals surface area contributed by atoms with E-state index in [9.17, 15) is 19.3 Å². The van der Waals surface area contributed by atoms with E-state index < -0.39 is 16.6 Å². The number of nitrogens with zero attached hydrogens (tertiary/aromatic N) is 2. The SMILES string of the molecule is CC1CNCCN1C(=O)c1ccc([N+](=O)[O-])cc1F. The van der Waals surface area contributed by atoms with Gasteiger partial charge in [-0.2, -0.15) is 0 Å². The van der Waals surface area contributed by atoms with Gasteiger partial charge in [-0.25, -0.2) is 4.39 Å². The zero-order valence-electron chi connectivity index (χ0n) is 10.4. The third-order valence-electron chi connectivity index (χ3n) is 3.16. The fourth-order valence-electron chi connectivity index (χ4n) is 2.09. The summed E-state index contributed by atoms with van der Waals surface area (Å²) in [5.74, 6) is -1.29. The summed E-state index contributed by atoms with van der Waals surface area (Å²) in [4.78, 5) is 23.6. The Bertz CT molecular complexity index is 521. The lowest BCUT2D eigenvalue weighted by Crippen LogP contribution is -2.52. The van der Waals surface area contributed by atoms with Crippen LogP contribution in [0.2, 0.25) is 0 Å². The number of hydrogen-bond acceptors (Lipinski definition) is 4. The lowest BCUT2D eigenvalue weighted by molar-refractivity contribution is -0.385. The highest BCUT2D eigenvalue weighted by atomic mass is 19.1. The summed E-state index contributed by atoms with van der Waals surface area (Å²) in [7, 11) is 0. The van der Waals surface area contributed by atoms with Gasteiger partial charge in [0, 0.05) is 31.7 Å². The number of nitrogens with one attached hydrogen (secondary N) is 1. The largest absolute Gasteiger partial charge is 0.333 e. The van der Waals surface area contributed by atoms with E-state index >= 15 is 0 Å². The van der Waals surface area contributed by atoms with Crippen molar-refractivity contribution in [2.75, 3.05) is 19.6 Å². The summed E-state index contributed by atoms with van der Waals surface area (Å²) in [6.07, 6.45) is 0. The average Bonchev–Trinajstić information content (AvgIpc) is 2.38. The van der Waals surface area contributed by atoms with Gasteiger partial charge in [0.1, 0.15) is 5.82 Å². The van der Waals surface area contributed by atoms with Crippen LogP contribution in [0.1, 0.15) is 17.3 Å². The summed E-state index contributed by atoms with van der Waals surface area (Å²) in [5.41, 5.74) is -0.484. The molecule has 0 saturated carbocycles. The van der Waals surface area contributed by atoms with E-state index in [-0.39, 0.29) is 17.3 Å². The molecule has 6 nitrogen and oxygen atoms in total. The Morgan fingerprint density at radius 3 is 2.89 bits per heavy atom. The van der Waals surface area contributed by atoms with E-state index in [1.807, 2.05) is 6.92 Å². The fourth-order valence-corrected chi connectivity index (χ4v) is 2.09. The molecule has 1 atom stereocenters. The normalized spacial score (nSPS) is 19.3. The van der Waals surface area contributed by atoms with Gasteiger partial charge in [0.05, 0.1) is 16.6 Å². The minimum atomic E-state index is -0.857. The molecule has 1 aromatic rings. The maximum atomic E-state index is 13.8. The summed E-state index contributed by atoms with van der Waals surface area (Å²) in [6, 6.07) is 3.06. The number of amides is 1. The number of carbonyl (C=O) groups excluding carboxylic acids is 1. The Labute approximate surface area is 109 Å². The van der Waals surface area contributed by atoms with Gasteiger partial charge in [0.25, 0.3) is 11.6 Å². The Morgan fingerprint density at radius 1 is 1.58 bits per heavy atom. The predicted octanol–water partition coefficient (Wildman–Crippen LogP) is 1.17. The molecule has 1 aliphatic rings. The predicted molar refractivity (Wildman–Crippen MR) is 66.4 cm³/mol. The number of nitro benzene ring substituents is 1. The summed E-state index contributed by atoms with van der Waals surface area (Å²) >= 11 is 0. The van der Waals surface area contributed by atoms with Gasteiger partial charge >= 0.3 is 0 Å². The van der Waals surface area contributed by atoms with Crippen LogP contribution in [0.5, 0.6) is 0 Å². The molecule has 1 saturated heterocycles. The zero-order valence-corrected chi connectivity index (χ0v) is 10.4. The molecule has 19 heavy (non-hydrogen) atoms. The number of nitro groups is 1. The van der Waals surface area contributed by atoms with E-state index in [1.165, 1.54) is 6.07 Å². The van der Waals surface area contributed by atoms with Crippen LogP contribution in [0.4, 0.5) is 10.1 Å². The van der Waals surface area contributed by atoms with Crippen molar-refractivity contribution >= 4 is 11.6 Å². The molecule has 0 bridgehead atoms. The van der Waals surface area contributed by atoms with E-state index in [0.717, 1.165) is 12.1 Å². The topological polar surface area (TPSA) is 75.5 Å². The number of halogens is 1. The maximum Gasteiger partial charge on any atom is 0.272 e. The first-order valence-corrected chi connectivity index (χ1v) is 5.96. The molecule has 1 aromatic carbocycles. The van der Waals surface area contributed by atoms with Crippen LogP contribution < -0.4 is 5.32 Å². The van der Waals surface area contributed by atoms with Gasteiger partial charge in [0.2, 0.25) is 0 Å². The smallest absolute Gasteiger partial charge is 0.272 e. The number of piperazine rings is 1. The molecule has 0 aliphatic carbocycles. The third-order valence-corrected chi connectivity index (χ3v) is 3.16.